The summed E-state index contributed by atoms with van der Waals surface area (Å²) in [5.41, 5.74) is 3.55. The third kappa shape index (κ3) is 3.76. The van der Waals surface area contributed by atoms with Crippen LogP contribution in [-0.2, 0) is 0 Å². The molecule has 0 saturated carbocycles. The first-order chi connectivity index (χ1) is 12.0. The molecule has 0 bridgehead atoms. The lowest BCUT2D eigenvalue weighted by Crippen LogP contribution is -2.42. The Hall–Kier alpha value is -2.95. The van der Waals surface area contributed by atoms with Gasteiger partial charge in [-0.3, -0.25) is 4.90 Å². The average molecular weight is 340 g/mol. The molecular formula is C20H24N2O3. The molecule has 1 aliphatic rings. The van der Waals surface area contributed by atoms with E-state index in [0.717, 1.165) is 5.56 Å². The van der Waals surface area contributed by atoms with Crippen LogP contribution in [0.5, 0.6) is 11.5 Å². The minimum Gasteiger partial charge on any atom is -0.508 e. The third-order valence-electron chi connectivity index (χ3n) is 3.88. The normalized spacial score (nSPS) is 13.5. The van der Waals surface area contributed by atoms with Gasteiger partial charge in [0.1, 0.15) is 11.5 Å². The summed E-state index contributed by atoms with van der Waals surface area (Å²) in [5, 5.41) is 22.7. The number of amides is 2. The quantitative estimate of drug-likeness (QED) is 0.762. The van der Waals surface area contributed by atoms with Crippen molar-refractivity contribution in [1.82, 2.24) is 5.32 Å². The summed E-state index contributed by atoms with van der Waals surface area (Å²) >= 11 is 0. The molecule has 1 aliphatic heterocycles. The highest BCUT2D eigenvalue weighted by molar-refractivity contribution is 6.07. The number of nitrogens with one attached hydrogen (secondary N) is 1. The molecule has 1 heterocycles. The number of aryl methyl sites for hydroxylation is 2. The maximum absolute atomic E-state index is 12.4. The number of aromatic hydroxyl groups is 2. The summed E-state index contributed by atoms with van der Waals surface area (Å²) < 4.78 is 0. The lowest BCUT2D eigenvalue weighted by Gasteiger charge is -2.30. The highest BCUT2D eigenvalue weighted by Gasteiger charge is 2.26. The molecule has 0 aliphatic carbocycles. The van der Waals surface area contributed by atoms with Crippen LogP contribution in [0.3, 0.4) is 0 Å². The molecule has 0 atom stereocenters. The number of rotatable bonds is 2. The second kappa shape index (κ2) is 7.75. The largest absolute Gasteiger partial charge is 0.508 e. The molecule has 0 radical (unpaired) electrons. The van der Waals surface area contributed by atoms with E-state index >= 15 is 0 Å². The van der Waals surface area contributed by atoms with Gasteiger partial charge in [0.15, 0.2) is 0 Å². The van der Waals surface area contributed by atoms with Gasteiger partial charge in [-0.15, -0.1) is 0 Å². The Labute approximate surface area is 148 Å². The number of carbonyl (C=O) groups is 1. The van der Waals surface area contributed by atoms with Crippen LogP contribution in [0.1, 0.15) is 30.5 Å². The van der Waals surface area contributed by atoms with Gasteiger partial charge in [0, 0.05) is 18.2 Å². The van der Waals surface area contributed by atoms with E-state index < -0.39 is 0 Å². The average Bonchev–Trinajstić information content (AvgIpc) is 2.61. The number of urea groups is 1. The van der Waals surface area contributed by atoms with Crippen molar-refractivity contribution in [2.75, 3.05) is 11.4 Å². The molecule has 2 aromatic carbocycles. The van der Waals surface area contributed by atoms with E-state index in [2.05, 4.69) is 5.32 Å². The summed E-state index contributed by atoms with van der Waals surface area (Å²) in [7, 11) is 0. The van der Waals surface area contributed by atoms with E-state index in [1.54, 1.807) is 13.0 Å². The van der Waals surface area contributed by atoms with Crippen molar-refractivity contribution in [3.05, 3.63) is 59.2 Å². The molecule has 25 heavy (non-hydrogen) atoms. The van der Waals surface area contributed by atoms with Crippen molar-refractivity contribution < 1.29 is 15.0 Å². The lowest BCUT2D eigenvalue weighted by atomic mass is 10.0. The molecule has 5 nitrogen and oxygen atoms in total. The van der Waals surface area contributed by atoms with Gasteiger partial charge in [-0.25, -0.2) is 4.79 Å². The minimum absolute atomic E-state index is 0.0222. The molecular weight excluding hydrogens is 316 g/mol. The second-order valence-corrected chi connectivity index (χ2v) is 5.60. The Kier molecular flexibility index (Phi) is 5.70. The fourth-order valence-corrected chi connectivity index (χ4v) is 2.59. The van der Waals surface area contributed by atoms with Crippen LogP contribution in [0.2, 0.25) is 0 Å². The van der Waals surface area contributed by atoms with E-state index in [1.165, 1.54) is 11.0 Å². The number of benzene rings is 2. The van der Waals surface area contributed by atoms with Gasteiger partial charge in [0.2, 0.25) is 0 Å². The number of hydrogen-bond donors (Lipinski definition) is 3. The summed E-state index contributed by atoms with van der Waals surface area (Å²) in [6.07, 6.45) is 1.84. The number of anilines is 1. The smallest absolute Gasteiger partial charge is 0.326 e. The van der Waals surface area contributed by atoms with Crippen molar-refractivity contribution in [3.63, 3.8) is 0 Å². The monoisotopic (exact) mass is 340 g/mol. The van der Waals surface area contributed by atoms with Gasteiger partial charge in [-0.05, 0) is 43.7 Å². The summed E-state index contributed by atoms with van der Waals surface area (Å²) in [5.74, 6) is -0.0415. The maximum Gasteiger partial charge on any atom is 0.326 e. The first kappa shape index (κ1) is 18.4. The van der Waals surface area contributed by atoms with Gasteiger partial charge in [0.25, 0.3) is 0 Å². The fourth-order valence-electron chi connectivity index (χ4n) is 2.59. The summed E-state index contributed by atoms with van der Waals surface area (Å²) in [6.45, 7) is 8.11. The van der Waals surface area contributed by atoms with Crippen LogP contribution in [0.25, 0.3) is 5.70 Å². The Morgan fingerprint density at radius 3 is 2.28 bits per heavy atom. The number of phenolic OH excluding ortho intramolecular Hbond substituents is 2. The highest BCUT2D eigenvalue weighted by Crippen LogP contribution is 2.36. The SMILES string of the molecule is CC.Cc1ccc(N2C(=O)NCC=C2c2cc(C)c(O)cc2O)cc1. The molecule has 0 spiro atoms. The first-order valence-corrected chi connectivity index (χ1v) is 8.35. The molecule has 0 fully saturated rings. The number of phenols is 2. The minimum atomic E-state index is -0.253. The molecule has 2 amide bonds. The van der Waals surface area contributed by atoms with E-state index in [4.69, 9.17) is 0 Å². The van der Waals surface area contributed by atoms with Gasteiger partial charge in [0.05, 0.1) is 11.4 Å². The van der Waals surface area contributed by atoms with Crippen molar-refractivity contribution in [1.29, 1.82) is 0 Å². The molecule has 132 valence electrons. The predicted octanol–water partition coefficient (Wildman–Crippen LogP) is 4.31. The zero-order valence-electron chi connectivity index (χ0n) is 15.0. The van der Waals surface area contributed by atoms with Crippen LogP contribution in [-0.4, -0.2) is 22.8 Å². The van der Waals surface area contributed by atoms with Gasteiger partial charge in [-0.2, -0.15) is 0 Å². The first-order valence-electron chi connectivity index (χ1n) is 8.35. The van der Waals surface area contributed by atoms with E-state index in [1.807, 2.05) is 51.1 Å². The van der Waals surface area contributed by atoms with Gasteiger partial charge in [-0.1, -0.05) is 31.5 Å². The molecule has 3 rings (SSSR count). The Bertz CT molecular complexity index is 795. The Balaban J connectivity index is 0.00000109. The van der Waals surface area contributed by atoms with E-state index in [-0.39, 0.29) is 17.5 Å². The summed E-state index contributed by atoms with van der Waals surface area (Å²) in [4.78, 5) is 13.9. The molecule has 2 aromatic rings. The topological polar surface area (TPSA) is 72.8 Å². The lowest BCUT2D eigenvalue weighted by molar-refractivity contribution is 0.249. The van der Waals surface area contributed by atoms with Gasteiger partial charge < -0.3 is 15.5 Å². The summed E-state index contributed by atoms with van der Waals surface area (Å²) in [6, 6.07) is 10.3. The van der Waals surface area contributed by atoms with Crippen LogP contribution >= 0.6 is 0 Å². The van der Waals surface area contributed by atoms with Crippen molar-refractivity contribution in [2.45, 2.75) is 27.7 Å². The zero-order chi connectivity index (χ0) is 18.6. The highest BCUT2D eigenvalue weighted by atomic mass is 16.3. The second-order valence-electron chi connectivity index (χ2n) is 5.60. The Morgan fingerprint density at radius 2 is 1.64 bits per heavy atom. The molecule has 0 unspecified atom stereocenters. The maximum atomic E-state index is 12.4. The number of nitrogens with zero attached hydrogens (tertiary/aromatic N) is 1. The van der Waals surface area contributed by atoms with Crippen molar-refractivity contribution >= 4 is 17.4 Å². The fraction of sp³-hybridized carbons (Fsp3) is 0.250. The van der Waals surface area contributed by atoms with Crippen molar-refractivity contribution in [3.8, 4) is 11.5 Å². The van der Waals surface area contributed by atoms with Crippen molar-refractivity contribution in [2.24, 2.45) is 0 Å². The number of carbonyl (C=O) groups excluding carboxylic acids is 1. The third-order valence-corrected chi connectivity index (χ3v) is 3.88. The number of hydrogen-bond acceptors (Lipinski definition) is 3. The predicted molar refractivity (Wildman–Crippen MR) is 101 cm³/mol. The standard InChI is InChI=1S/C18H18N2O3.C2H6/c1-11-3-5-13(6-4-11)20-15(7-8-19-18(20)23)14-9-12(2)16(21)10-17(14)22;1-2/h3-7,9-10,21-22H,8H2,1-2H3,(H,19,23);1-2H3. The van der Waals surface area contributed by atoms with E-state index in [0.29, 0.717) is 29.1 Å². The van der Waals surface area contributed by atoms with Crippen LogP contribution in [0, 0.1) is 13.8 Å². The Morgan fingerprint density at radius 1 is 1.00 bits per heavy atom. The van der Waals surface area contributed by atoms with E-state index in [9.17, 15) is 15.0 Å². The van der Waals surface area contributed by atoms with Gasteiger partial charge >= 0.3 is 6.03 Å². The van der Waals surface area contributed by atoms with Crippen LogP contribution in [0.4, 0.5) is 10.5 Å². The molecule has 0 aromatic heterocycles. The zero-order valence-corrected chi connectivity index (χ0v) is 15.0. The molecule has 0 saturated heterocycles. The van der Waals surface area contributed by atoms with Crippen LogP contribution in [0.15, 0.2) is 42.5 Å². The molecule has 5 heteroatoms. The molecule has 3 N–H and O–H groups in total. The van der Waals surface area contributed by atoms with Crippen LogP contribution < -0.4 is 10.2 Å².